The van der Waals surface area contributed by atoms with Gasteiger partial charge in [0.15, 0.2) is 0 Å². The molecule has 0 aromatic heterocycles. The van der Waals surface area contributed by atoms with Crippen LogP contribution in [0.1, 0.15) is 53.4 Å². The quantitative estimate of drug-likeness (QED) is 0.161. The van der Waals surface area contributed by atoms with Crippen molar-refractivity contribution in [2.75, 3.05) is 54.2 Å². The molecule has 2 amide bonds. The summed E-state index contributed by atoms with van der Waals surface area (Å²) < 4.78 is 50.6. The second-order valence-electron chi connectivity index (χ2n) is 12.7. The highest BCUT2D eigenvalue weighted by molar-refractivity contribution is 7.92. The summed E-state index contributed by atoms with van der Waals surface area (Å²) in [5.74, 6) is -0.527. The van der Waals surface area contributed by atoms with Gasteiger partial charge in [0.25, 0.3) is 15.9 Å². The lowest BCUT2D eigenvalue weighted by Crippen LogP contribution is -2.42. The third kappa shape index (κ3) is 9.54. The minimum Gasteiger partial charge on any atom is -0.504 e. The van der Waals surface area contributed by atoms with Gasteiger partial charge < -0.3 is 29.2 Å². The Balaban J connectivity index is 1.83. The molecule has 11 nitrogen and oxygen atoms in total. The van der Waals surface area contributed by atoms with Crippen molar-refractivity contribution < 1.29 is 37.0 Å². The molecule has 0 radical (unpaired) electrons. The average molecular weight is 650 g/mol. The van der Waals surface area contributed by atoms with Crippen molar-refractivity contribution in [2.24, 2.45) is 11.3 Å². The van der Waals surface area contributed by atoms with Gasteiger partial charge in [0.1, 0.15) is 5.76 Å². The summed E-state index contributed by atoms with van der Waals surface area (Å²) in [6, 6.07) is -0.677. The first-order valence-electron chi connectivity index (χ1n) is 15.6. The molecule has 3 rings (SSSR count). The lowest BCUT2D eigenvalue weighted by Gasteiger charge is -2.39. The van der Waals surface area contributed by atoms with E-state index in [1.807, 2.05) is 40.8 Å². The Morgan fingerprint density at radius 3 is 2.49 bits per heavy atom. The maximum atomic E-state index is 14.2. The Labute approximate surface area is 269 Å². The van der Waals surface area contributed by atoms with Gasteiger partial charge in [-0.15, -0.1) is 0 Å². The first-order valence-corrected chi connectivity index (χ1v) is 17.1. The third-order valence-electron chi connectivity index (χ3n) is 8.28. The van der Waals surface area contributed by atoms with Crippen LogP contribution in [0.15, 0.2) is 59.5 Å². The number of likely N-dealkylation sites (N-methyl/N-ethyl adjacent to an activating group) is 1. The Morgan fingerprint density at radius 1 is 1.18 bits per heavy atom. The molecule has 1 heterocycles. The van der Waals surface area contributed by atoms with E-state index in [-0.39, 0.29) is 17.6 Å². The topological polar surface area (TPSA) is 124 Å². The molecule has 0 bridgehead atoms. The Hall–Kier alpha value is -2.93. The van der Waals surface area contributed by atoms with E-state index in [0.29, 0.717) is 51.3 Å². The van der Waals surface area contributed by atoms with Crippen LogP contribution in [0.2, 0.25) is 0 Å². The van der Waals surface area contributed by atoms with E-state index < -0.39 is 38.8 Å². The molecule has 1 aliphatic heterocycles. The molecular formula is C33H51N3O8S. The first kappa shape index (κ1) is 36.5. The smallest absolute Gasteiger partial charge is 0.260 e. The van der Waals surface area contributed by atoms with E-state index in [4.69, 9.17) is 18.9 Å². The number of rotatable bonds is 15. The van der Waals surface area contributed by atoms with Crippen molar-refractivity contribution in [3.8, 4) is 0 Å². The number of nitrogens with one attached hydrogen (secondary N) is 1. The van der Waals surface area contributed by atoms with Crippen LogP contribution in [0.5, 0.6) is 0 Å². The van der Waals surface area contributed by atoms with Crippen LogP contribution >= 0.6 is 0 Å². The number of ether oxygens (including phenoxy) is 4. The van der Waals surface area contributed by atoms with Gasteiger partial charge in [-0.2, -0.15) is 0 Å². The van der Waals surface area contributed by atoms with Gasteiger partial charge in [0.05, 0.1) is 56.2 Å². The van der Waals surface area contributed by atoms with Gasteiger partial charge >= 0.3 is 0 Å². The van der Waals surface area contributed by atoms with Crippen LogP contribution in [0.4, 0.5) is 0 Å². The molecule has 1 N–H and O–H groups in total. The van der Waals surface area contributed by atoms with Crippen LogP contribution in [0, 0.1) is 11.3 Å². The maximum absolute atomic E-state index is 14.2. The highest BCUT2D eigenvalue weighted by Crippen LogP contribution is 2.54. The lowest BCUT2D eigenvalue weighted by molar-refractivity contribution is -0.136. The fraction of sp³-hybridized carbons (Fsp3) is 0.636. The second kappa shape index (κ2) is 16.1. The summed E-state index contributed by atoms with van der Waals surface area (Å²) in [5, 5.41) is 3.83. The zero-order chi connectivity index (χ0) is 33.3. The molecule has 1 spiro atoms. The predicted octanol–water partition coefficient (Wildman–Crippen LogP) is 3.67. The summed E-state index contributed by atoms with van der Waals surface area (Å²) in [7, 11) is 0.946. The summed E-state index contributed by atoms with van der Waals surface area (Å²) in [4.78, 5) is 29.2. The number of sulfonamides is 1. The number of nitrogens with zero attached hydrogens (tertiary/aromatic N) is 2. The number of fused-ring (bicyclic) bond motifs is 2. The molecule has 2 unspecified atom stereocenters. The number of allylic oxidation sites excluding steroid dienone is 3. The normalized spacial score (nSPS) is 25.8. The average Bonchev–Trinajstić information content (AvgIpc) is 3.21. The summed E-state index contributed by atoms with van der Waals surface area (Å²) >= 11 is 0. The van der Waals surface area contributed by atoms with Crippen molar-refractivity contribution in [3.05, 3.63) is 59.5 Å². The molecule has 45 heavy (non-hydrogen) atoms. The number of carbonyl (C=O) groups excluding carboxylic acids is 2. The highest BCUT2D eigenvalue weighted by Gasteiger charge is 2.61. The molecule has 0 aromatic rings. The fourth-order valence-electron chi connectivity index (χ4n) is 6.02. The summed E-state index contributed by atoms with van der Waals surface area (Å²) in [6.07, 6.45) is 13.2. The molecular weight excluding hydrogens is 598 g/mol. The molecule has 3 aliphatic rings. The van der Waals surface area contributed by atoms with Gasteiger partial charge in [-0.05, 0) is 90.8 Å². The van der Waals surface area contributed by atoms with Crippen LogP contribution in [-0.4, -0.2) is 101 Å². The van der Waals surface area contributed by atoms with Gasteiger partial charge in [-0.3, -0.25) is 9.59 Å². The van der Waals surface area contributed by atoms with Gasteiger partial charge in [-0.1, -0.05) is 6.08 Å². The van der Waals surface area contributed by atoms with E-state index in [2.05, 4.69) is 10.2 Å². The summed E-state index contributed by atoms with van der Waals surface area (Å²) in [5.41, 5.74) is -1.18. The Bertz CT molecular complexity index is 1290. The predicted molar refractivity (Wildman–Crippen MR) is 173 cm³/mol. The van der Waals surface area contributed by atoms with Crippen molar-refractivity contribution in [3.63, 3.8) is 0 Å². The van der Waals surface area contributed by atoms with Crippen molar-refractivity contribution in [2.45, 2.75) is 71.1 Å². The van der Waals surface area contributed by atoms with Crippen molar-refractivity contribution >= 4 is 21.8 Å². The molecule has 2 atom stereocenters. The van der Waals surface area contributed by atoms with Gasteiger partial charge in [0, 0.05) is 37.2 Å². The minimum absolute atomic E-state index is 0.000635. The number of methoxy groups -OCH3 is 2. The van der Waals surface area contributed by atoms with Crippen molar-refractivity contribution in [1.29, 1.82) is 0 Å². The highest BCUT2D eigenvalue weighted by atomic mass is 32.2. The number of amides is 2. The largest absolute Gasteiger partial charge is 0.504 e. The van der Waals surface area contributed by atoms with E-state index in [0.717, 1.165) is 22.8 Å². The van der Waals surface area contributed by atoms with E-state index >= 15 is 0 Å². The minimum atomic E-state index is -4.20. The third-order valence-corrected chi connectivity index (χ3v) is 9.74. The molecule has 1 saturated heterocycles. The van der Waals surface area contributed by atoms with Crippen LogP contribution < -0.4 is 5.32 Å². The molecule has 2 fully saturated rings. The lowest BCUT2D eigenvalue weighted by atomic mass is 9.64. The number of carbonyl (C=O) groups is 2. The Morgan fingerprint density at radius 2 is 1.87 bits per heavy atom. The standard InChI is InChI=1S/C33H51N3O8S/c1-8-43-27-11-12-29-28(24-27)33(16-13-26(14-17-33)44-22-19-35(5)18-21-42-7)31(38)36(29)45(39,40)23-9-10-25(15-20-41-6)30(37)34-32(2,3)4/h9-12,15,20,23-24,26,28-29H,8,13-14,16-19,21-22H2,1-7H3,(H,34,37)/b20-15+,23-9+,25-10+. The molecule has 2 aliphatic carbocycles. The summed E-state index contributed by atoms with van der Waals surface area (Å²) in [6.45, 7) is 10.7. The van der Waals surface area contributed by atoms with E-state index in [9.17, 15) is 18.0 Å². The zero-order valence-electron chi connectivity index (χ0n) is 27.8. The SMILES string of the molecule is CCOC1=CC2C(C=C1)N(S(=O)(=O)/C=C/C=C(\C=C\OC)C(=O)NC(C)(C)C)C(=O)C21CCC(OCCN(C)CCOC)CC1. The maximum Gasteiger partial charge on any atom is 0.260 e. The monoisotopic (exact) mass is 649 g/mol. The van der Waals surface area contributed by atoms with Gasteiger partial charge in [-0.25, -0.2) is 12.7 Å². The molecule has 1 saturated carbocycles. The fourth-order valence-corrected chi connectivity index (χ4v) is 7.39. The van der Waals surface area contributed by atoms with Crippen LogP contribution in [0.25, 0.3) is 0 Å². The van der Waals surface area contributed by atoms with Crippen LogP contribution in [-0.2, 0) is 38.6 Å². The zero-order valence-corrected chi connectivity index (χ0v) is 28.6. The first-order chi connectivity index (χ1) is 21.3. The number of hydrogen-bond donors (Lipinski definition) is 1. The van der Waals surface area contributed by atoms with Crippen molar-refractivity contribution in [1.82, 2.24) is 14.5 Å². The molecule has 0 aromatic carbocycles. The van der Waals surface area contributed by atoms with Crippen LogP contribution in [0.3, 0.4) is 0 Å². The molecule has 252 valence electrons. The van der Waals surface area contributed by atoms with E-state index in [1.54, 1.807) is 19.3 Å². The number of hydrogen-bond acceptors (Lipinski definition) is 9. The molecule has 12 heteroatoms. The van der Waals surface area contributed by atoms with E-state index in [1.165, 1.54) is 31.6 Å². The van der Waals surface area contributed by atoms with Gasteiger partial charge in [0.2, 0.25) is 5.91 Å². The Kier molecular flexibility index (Phi) is 13.0. The second-order valence-corrected chi connectivity index (χ2v) is 14.4.